The highest BCUT2D eigenvalue weighted by Gasteiger charge is 2.25. The lowest BCUT2D eigenvalue weighted by Gasteiger charge is -2.23. The second kappa shape index (κ2) is 5.72. The Balaban J connectivity index is 2.00. The van der Waals surface area contributed by atoms with Crippen molar-refractivity contribution < 1.29 is 4.79 Å². The lowest BCUT2D eigenvalue weighted by molar-refractivity contribution is -0.122. The van der Waals surface area contributed by atoms with Crippen LogP contribution in [0.25, 0.3) is 0 Å². The summed E-state index contributed by atoms with van der Waals surface area (Å²) in [5, 5.41) is 6.48. The number of carbonyl (C=O) groups excluding carboxylic acids is 1. The third kappa shape index (κ3) is 3.78. The molecule has 0 radical (unpaired) electrons. The number of nitrogens with zero attached hydrogens (tertiary/aromatic N) is 1. The standard InChI is InChI=1S/C14H15ClN2OS/c1-14(2,13-16-7-8-19-13)17-12(18)9-10-3-5-11(15)6-4-10/h3-8H,9H2,1-2H3,(H,17,18). The first-order valence-corrected chi connectivity index (χ1v) is 7.18. The lowest BCUT2D eigenvalue weighted by Crippen LogP contribution is -2.41. The van der Waals surface area contributed by atoms with Crippen LogP contribution in [0.2, 0.25) is 5.02 Å². The van der Waals surface area contributed by atoms with E-state index < -0.39 is 5.54 Å². The smallest absolute Gasteiger partial charge is 0.225 e. The first-order chi connectivity index (χ1) is 8.97. The largest absolute Gasteiger partial charge is 0.344 e. The Bertz CT molecular complexity index is 549. The van der Waals surface area contributed by atoms with Crippen LogP contribution in [0.1, 0.15) is 24.4 Å². The van der Waals surface area contributed by atoms with Gasteiger partial charge < -0.3 is 5.32 Å². The molecule has 1 amide bonds. The van der Waals surface area contributed by atoms with E-state index in [9.17, 15) is 4.79 Å². The molecular weight excluding hydrogens is 280 g/mol. The fraction of sp³-hybridized carbons (Fsp3) is 0.286. The van der Waals surface area contributed by atoms with Crippen molar-refractivity contribution in [1.82, 2.24) is 10.3 Å². The fourth-order valence-corrected chi connectivity index (χ4v) is 2.61. The summed E-state index contributed by atoms with van der Waals surface area (Å²) in [6, 6.07) is 7.29. The summed E-state index contributed by atoms with van der Waals surface area (Å²) < 4.78 is 0. The maximum absolute atomic E-state index is 12.0. The second-order valence-electron chi connectivity index (χ2n) is 4.81. The molecule has 2 rings (SSSR count). The van der Waals surface area contributed by atoms with Crippen molar-refractivity contribution in [3.8, 4) is 0 Å². The summed E-state index contributed by atoms with van der Waals surface area (Å²) in [7, 11) is 0. The number of benzene rings is 1. The van der Waals surface area contributed by atoms with E-state index in [1.54, 1.807) is 18.3 Å². The lowest BCUT2D eigenvalue weighted by atomic mass is 10.1. The van der Waals surface area contributed by atoms with Gasteiger partial charge in [-0.25, -0.2) is 4.98 Å². The molecule has 0 saturated carbocycles. The molecule has 1 N–H and O–H groups in total. The van der Waals surface area contributed by atoms with Gasteiger partial charge in [-0.2, -0.15) is 0 Å². The maximum atomic E-state index is 12.0. The van der Waals surface area contributed by atoms with E-state index in [1.165, 1.54) is 11.3 Å². The maximum Gasteiger partial charge on any atom is 0.225 e. The molecule has 100 valence electrons. The summed E-state index contributed by atoms with van der Waals surface area (Å²) in [4.78, 5) is 16.3. The number of amides is 1. The molecule has 0 aliphatic rings. The zero-order valence-electron chi connectivity index (χ0n) is 10.8. The number of aromatic nitrogens is 1. The highest BCUT2D eigenvalue weighted by molar-refractivity contribution is 7.09. The molecule has 3 nitrogen and oxygen atoms in total. The molecule has 0 unspecified atom stereocenters. The Morgan fingerprint density at radius 3 is 2.63 bits per heavy atom. The van der Waals surface area contributed by atoms with E-state index in [4.69, 9.17) is 11.6 Å². The Morgan fingerprint density at radius 2 is 2.05 bits per heavy atom. The van der Waals surface area contributed by atoms with Gasteiger partial charge in [-0.1, -0.05) is 23.7 Å². The number of hydrogen-bond donors (Lipinski definition) is 1. The van der Waals surface area contributed by atoms with Crippen molar-refractivity contribution in [1.29, 1.82) is 0 Å². The van der Waals surface area contributed by atoms with Crippen LogP contribution in [0.3, 0.4) is 0 Å². The van der Waals surface area contributed by atoms with E-state index in [0.29, 0.717) is 11.4 Å². The van der Waals surface area contributed by atoms with Crippen LogP contribution >= 0.6 is 22.9 Å². The normalized spacial score (nSPS) is 11.3. The minimum Gasteiger partial charge on any atom is -0.344 e. The molecule has 0 aliphatic heterocycles. The molecule has 19 heavy (non-hydrogen) atoms. The molecule has 1 aromatic heterocycles. The predicted molar refractivity (Wildman–Crippen MR) is 78.4 cm³/mol. The minimum absolute atomic E-state index is 0.0254. The van der Waals surface area contributed by atoms with E-state index >= 15 is 0 Å². The third-order valence-electron chi connectivity index (χ3n) is 2.70. The Morgan fingerprint density at radius 1 is 1.37 bits per heavy atom. The zero-order chi connectivity index (χ0) is 13.9. The quantitative estimate of drug-likeness (QED) is 0.939. The van der Waals surface area contributed by atoms with Crippen molar-refractivity contribution in [2.75, 3.05) is 0 Å². The van der Waals surface area contributed by atoms with Gasteiger partial charge in [0.1, 0.15) is 5.01 Å². The average molecular weight is 295 g/mol. The highest BCUT2D eigenvalue weighted by atomic mass is 35.5. The van der Waals surface area contributed by atoms with Crippen molar-refractivity contribution in [3.05, 3.63) is 51.4 Å². The van der Waals surface area contributed by atoms with Crippen molar-refractivity contribution in [2.24, 2.45) is 0 Å². The molecule has 0 fully saturated rings. The molecule has 5 heteroatoms. The van der Waals surface area contributed by atoms with Gasteiger partial charge in [0.2, 0.25) is 5.91 Å². The number of hydrogen-bond acceptors (Lipinski definition) is 3. The third-order valence-corrected chi connectivity index (χ3v) is 4.05. The van der Waals surface area contributed by atoms with Crippen LogP contribution in [0.5, 0.6) is 0 Å². The van der Waals surface area contributed by atoms with Crippen molar-refractivity contribution in [2.45, 2.75) is 25.8 Å². The topological polar surface area (TPSA) is 42.0 Å². The van der Waals surface area contributed by atoms with Crippen LogP contribution in [0, 0.1) is 0 Å². The van der Waals surface area contributed by atoms with Crippen LogP contribution < -0.4 is 5.32 Å². The fourth-order valence-electron chi connectivity index (χ4n) is 1.77. The molecule has 0 spiro atoms. The van der Waals surface area contributed by atoms with E-state index in [1.807, 2.05) is 31.4 Å². The summed E-state index contributed by atoms with van der Waals surface area (Å²) >= 11 is 7.35. The number of thiazole rings is 1. The molecular formula is C14H15ClN2OS. The van der Waals surface area contributed by atoms with Crippen LogP contribution in [0.4, 0.5) is 0 Å². The van der Waals surface area contributed by atoms with Gasteiger partial charge in [0.25, 0.3) is 0 Å². The number of halogens is 1. The predicted octanol–water partition coefficient (Wildman–Crippen LogP) is 3.39. The molecule has 0 saturated heterocycles. The molecule has 0 aliphatic carbocycles. The first kappa shape index (κ1) is 14.0. The van der Waals surface area contributed by atoms with Gasteiger partial charge in [-0.3, -0.25) is 4.79 Å². The monoisotopic (exact) mass is 294 g/mol. The van der Waals surface area contributed by atoms with Crippen molar-refractivity contribution >= 4 is 28.8 Å². The molecule has 0 atom stereocenters. The average Bonchev–Trinajstić information content (AvgIpc) is 2.85. The van der Waals surface area contributed by atoms with Gasteiger partial charge >= 0.3 is 0 Å². The van der Waals surface area contributed by atoms with Gasteiger partial charge in [-0.15, -0.1) is 11.3 Å². The van der Waals surface area contributed by atoms with Crippen LogP contribution in [-0.4, -0.2) is 10.9 Å². The molecule has 2 aromatic rings. The molecule has 0 bridgehead atoms. The molecule has 1 heterocycles. The second-order valence-corrected chi connectivity index (χ2v) is 6.14. The number of rotatable bonds is 4. The molecule has 1 aromatic carbocycles. The first-order valence-electron chi connectivity index (χ1n) is 5.93. The zero-order valence-corrected chi connectivity index (χ0v) is 12.4. The Kier molecular flexibility index (Phi) is 4.22. The van der Waals surface area contributed by atoms with Gasteiger partial charge in [0.15, 0.2) is 0 Å². The van der Waals surface area contributed by atoms with E-state index in [0.717, 1.165) is 10.6 Å². The summed E-state index contributed by atoms with van der Waals surface area (Å²) in [6.07, 6.45) is 2.08. The van der Waals surface area contributed by atoms with E-state index in [2.05, 4.69) is 10.3 Å². The van der Waals surface area contributed by atoms with Crippen LogP contribution in [0.15, 0.2) is 35.8 Å². The number of nitrogens with one attached hydrogen (secondary N) is 1. The minimum atomic E-state index is -0.447. The number of carbonyl (C=O) groups is 1. The van der Waals surface area contributed by atoms with Crippen molar-refractivity contribution in [3.63, 3.8) is 0 Å². The summed E-state index contributed by atoms with van der Waals surface area (Å²) in [5.74, 6) is -0.0254. The van der Waals surface area contributed by atoms with Gasteiger partial charge in [0, 0.05) is 16.6 Å². The van der Waals surface area contributed by atoms with E-state index in [-0.39, 0.29) is 5.91 Å². The van der Waals surface area contributed by atoms with Gasteiger partial charge in [-0.05, 0) is 31.5 Å². The summed E-state index contributed by atoms with van der Waals surface area (Å²) in [6.45, 7) is 3.90. The highest BCUT2D eigenvalue weighted by Crippen LogP contribution is 2.22. The van der Waals surface area contributed by atoms with Gasteiger partial charge in [0.05, 0.1) is 12.0 Å². The SMILES string of the molecule is CC(C)(NC(=O)Cc1ccc(Cl)cc1)c1nccs1. The van der Waals surface area contributed by atoms with Crippen LogP contribution in [-0.2, 0) is 16.8 Å². The Labute approximate surface area is 121 Å². The Hall–Kier alpha value is -1.39. The summed E-state index contributed by atoms with van der Waals surface area (Å²) in [5.41, 5.74) is 0.495.